The van der Waals surface area contributed by atoms with Crippen molar-refractivity contribution in [3.8, 4) is 0 Å². The fourth-order valence-electron chi connectivity index (χ4n) is 2.42. The topological polar surface area (TPSA) is 61.4 Å². The number of benzene rings is 1. The Kier molecular flexibility index (Phi) is 4.80. The molecule has 0 fully saturated rings. The molecule has 2 atom stereocenters. The van der Waals surface area contributed by atoms with Gasteiger partial charge in [0, 0.05) is 18.8 Å². The fraction of sp³-hybridized carbons (Fsp3) is 0.533. The van der Waals surface area contributed by atoms with Gasteiger partial charge in [-0.15, -0.1) is 0 Å². The zero-order valence-electron chi connectivity index (χ0n) is 11.4. The molecule has 19 heavy (non-hydrogen) atoms. The lowest BCUT2D eigenvalue weighted by Gasteiger charge is -2.25. The summed E-state index contributed by atoms with van der Waals surface area (Å²) in [6, 6.07) is 8.07. The van der Waals surface area contributed by atoms with Crippen LogP contribution >= 0.6 is 0 Å². The number of aliphatic hydroxyl groups is 1. The van der Waals surface area contributed by atoms with Crippen LogP contribution in [0.1, 0.15) is 25.3 Å². The van der Waals surface area contributed by atoms with Gasteiger partial charge in [-0.05, 0) is 24.5 Å². The van der Waals surface area contributed by atoms with Crippen molar-refractivity contribution in [3.63, 3.8) is 0 Å². The molecule has 1 heterocycles. The molecule has 0 saturated carbocycles. The van der Waals surface area contributed by atoms with Gasteiger partial charge in [-0.2, -0.15) is 0 Å². The zero-order valence-corrected chi connectivity index (χ0v) is 11.4. The van der Waals surface area contributed by atoms with E-state index >= 15 is 0 Å². The Hall–Kier alpha value is -1.55. The number of hydrogen-bond acceptors (Lipinski definition) is 3. The first-order valence-electron chi connectivity index (χ1n) is 6.98. The van der Waals surface area contributed by atoms with Crippen molar-refractivity contribution in [3.05, 3.63) is 29.8 Å². The maximum atomic E-state index is 12.1. The molecule has 1 aliphatic rings. The Morgan fingerprint density at radius 3 is 3.11 bits per heavy atom. The first kappa shape index (κ1) is 13.9. The van der Waals surface area contributed by atoms with Crippen LogP contribution in [0.4, 0.5) is 5.69 Å². The number of hydrogen-bond donors (Lipinski definition) is 3. The number of amides is 1. The lowest BCUT2D eigenvalue weighted by atomic mass is 9.93. The molecule has 1 aliphatic heterocycles. The summed E-state index contributed by atoms with van der Waals surface area (Å²) < 4.78 is 0. The van der Waals surface area contributed by atoms with Gasteiger partial charge in [0.15, 0.2) is 0 Å². The Morgan fingerprint density at radius 1 is 1.53 bits per heavy atom. The summed E-state index contributed by atoms with van der Waals surface area (Å²) in [4.78, 5) is 12.1. The molecule has 4 nitrogen and oxygen atoms in total. The molecule has 0 aromatic heterocycles. The molecular formula is C15H22N2O2. The molecule has 0 aliphatic carbocycles. The highest BCUT2D eigenvalue weighted by atomic mass is 16.3. The maximum Gasteiger partial charge on any atom is 0.225 e. The Labute approximate surface area is 114 Å². The lowest BCUT2D eigenvalue weighted by molar-refractivity contribution is -0.125. The number of rotatable bonds is 5. The van der Waals surface area contributed by atoms with E-state index in [0.29, 0.717) is 13.1 Å². The van der Waals surface area contributed by atoms with Crippen molar-refractivity contribution in [2.75, 3.05) is 18.4 Å². The molecule has 4 heteroatoms. The van der Waals surface area contributed by atoms with E-state index in [0.717, 1.165) is 24.9 Å². The van der Waals surface area contributed by atoms with Crippen molar-refractivity contribution in [1.29, 1.82) is 0 Å². The van der Waals surface area contributed by atoms with Crippen LogP contribution in [-0.2, 0) is 11.2 Å². The highest BCUT2D eigenvalue weighted by molar-refractivity contribution is 5.80. The number of carbonyl (C=O) groups excluding carboxylic acids is 1. The van der Waals surface area contributed by atoms with Crippen LogP contribution in [0.3, 0.4) is 0 Å². The summed E-state index contributed by atoms with van der Waals surface area (Å²) in [5.41, 5.74) is 2.31. The van der Waals surface area contributed by atoms with Crippen LogP contribution in [0.5, 0.6) is 0 Å². The Bertz CT molecular complexity index is 434. The smallest absolute Gasteiger partial charge is 0.225 e. The standard InChI is InChI=1S/C15H22N2O2/c1-2-5-13(18)10-17-15(19)12-8-11-6-3-4-7-14(11)16-9-12/h3-4,6-7,12-13,16,18H,2,5,8-10H2,1H3,(H,17,19). The fourth-order valence-corrected chi connectivity index (χ4v) is 2.42. The Morgan fingerprint density at radius 2 is 2.32 bits per heavy atom. The van der Waals surface area contributed by atoms with Gasteiger partial charge in [0.2, 0.25) is 5.91 Å². The van der Waals surface area contributed by atoms with Crippen LogP contribution in [-0.4, -0.2) is 30.2 Å². The van der Waals surface area contributed by atoms with Gasteiger partial charge >= 0.3 is 0 Å². The molecule has 3 N–H and O–H groups in total. The van der Waals surface area contributed by atoms with Gasteiger partial charge in [-0.1, -0.05) is 31.5 Å². The summed E-state index contributed by atoms with van der Waals surface area (Å²) in [6.45, 7) is 3.03. The van der Waals surface area contributed by atoms with E-state index in [1.165, 1.54) is 5.56 Å². The van der Waals surface area contributed by atoms with E-state index in [2.05, 4.69) is 10.6 Å². The lowest BCUT2D eigenvalue weighted by Crippen LogP contribution is -2.41. The van der Waals surface area contributed by atoms with Crippen molar-refractivity contribution in [2.24, 2.45) is 5.92 Å². The zero-order chi connectivity index (χ0) is 13.7. The van der Waals surface area contributed by atoms with Gasteiger partial charge in [-0.3, -0.25) is 4.79 Å². The number of carbonyl (C=O) groups is 1. The van der Waals surface area contributed by atoms with E-state index < -0.39 is 6.10 Å². The third kappa shape index (κ3) is 3.70. The molecule has 0 saturated heterocycles. The summed E-state index contributed by atoms with van der Waals surface area (Å²) in [6.07, 6.45) is 1.98. The monoisotopic (exact) mass is 262 g/mol. The third-order valence-corrected chi connectivity index (χ3v) is 3.53. The number of nitrogens with one attached hydrogen (secondary N) is 2. The molecule has 1 aromatic carbocycles. The molecule has 104 valence electrons. The molecule has 2 rings (SSSR count). The first-order chi connectivity index (χ1) is 9.20. The van der Waals surface area contributed by atoms with Gasteiger partial charge in [-0.25, -0.2) is 0 Å². The highest BCUT2D eigenvalue weighted by Gasteiger charge is 2.24. The van der Waals surface area contributed by atoms with Gasteiger partial charge in [0.1, 0.15) is 0 Å². The minimum atomic E-state index is -0.433. The SMILES string of the molecule is CCCC(O)CNC(=O)C1CNc2ccccc2C1. The van der Waals surface area contributed by atoms with Gasteiger partial charge < -0.3 is 15.7 Å². The first-order valence-corrected chi connectivity index (χ1v) is 6.98. The summed E-state index contributed by atoms with van der Waals surface area (Å²) in [5.74, 6) is -0.0270. The van der Waals surface area contributed by atoms with Crippen molar-refractivity contribution >= 4 is 11.6 Å². The van der Waals surface area contributed by atoms with E-state index in [-0.39, 0.29) is 11.8 Å². The van der Waals surface area contributed by atoms with Crippen LogP contribution in [0.25, 0.3) is 0 Å². The van der Waals surface area contributed by atoms with Crippen LogP contribution in [0.2, 0.25) is 0 Å². The quantitative estimate of drug-likeness (QED) is 0.754. The summed E-state index contributed by atoms with van der Waals surface area (Å²) in [5, 5.41) is 15.7. The minimum absolute atomic E-state index is 0.0251. The number of anilines is 1. The molecular weight excluding hydrogens is 240 g/mol. The predicted molar refractivity (Wildman–Crippen MR) is 76.1 cm³/mol. The second-order valence-electron chi connectivity index (χ2n) is 5.13. The second-order valence-corrected chi connectivity index (χ2v) is 5.13. The van der Waals surface area contributed by atoms with E-state index in [4.69, 9.17) is 0 Å². The van der Waals surface area contributed by atoms with Crippen LogP contribution in [0.15, 0.2) is 24.3 Å². The third-order valence-electron chi connectivity index (χ3n) is 3.53. The average molecular weight is 262 g/mol. The van der Waals surface area contributed by atoms with Crippen molar-refractivity contribution < 1.29 is 9.90 Å². The molecule has 2 unspecified atom stereocenters. The highest BCUT2D eigenvalue weighted by Crippen LogP contribution is 2.24. The van der Waals surface area contributed by atoms with Crippen LogP contribution in [0, 0.1) is 5.92 Å². The van der Waals surface area contributed by atoms with E-state index in [9.17, 15) is 9.90 Å². The number of fused-ring (bicyclic) bond motifs is 1. The number of aliphatic hydroxyl groups excluding tert-OH is 1. The molecule has 0 bridgehead atoms. The predicted octanol–water partition coefficient (Wildman–Crippen LogP) is 1.55. The molecule has 1 amide bonds. The maximum absolute atomic E-state index is 12.1. The van der Waals surface area contributed by atoms with Crippen molar-refractivity contribution in [1.82, 2.24) is 5.32 Å². The van der Waals surface area contributed by atoms with Gasteiger partial charge in [0.05, 0.1) is 12.0 Å². The number of para-hydroxylation sites is 1. The Balaban J connectivity index is 1.85. The molecule has 1 aromatic rings. The average Bonchev–Trinajstić information content (AvgIpc) is 2.44. The van der Waals surface area contributed by atoms with E-state index in [1.807, 2.05) is 31.2 Å². The summed E-state index contributed by atoms with van der Waals surface area (Å²) in [7, 11) is 0. The molecule has 0 spiro atoms. The van der Waals surface area contributed by atoms with Crippen LogP contribution < -0.4 is 10.6 Å². The second kappa shape index (κ2) is 6.57. The van der Waals surface area contributed by atoms with Gasteiger partial charge in [0.25, 0.3) is 0 Å². The minimum Gasteiger partial charge on any atom is -0.391 e. The summed E-state index contributed by atoms with van der Waals surface area (Å²) >= 11 is 0. The largest absolute Gasteiger partial charge is 0.391 e. The van der Waals surface area contributed by atoms with Crippen molar-refractivity contribution in [2.45, 2.75) is 32.3 Å². The molecule has 0 radical (unpaired) electrons. The normalized spacial score (nSPS) is 19.2. The van der Waals surface area contributed by atoms with E-state index in [1.54, 1.807) is 0 Å².